The molecule has 1 aromatic carbocycles. The Kier molecular flexibility index (Phi) is 5.36. The van der Waals surface area contributed by atoms with Crippen LogP contribution in [-0.2, 0) is 9.59 Å². The van der Waals surface area contributed by atoms with E-state index in [-0.39, 0.29) is 18.4 Å². The molecule has 0 aromatic heterocycles. The third-order valence-corrected chi connectivity index (χ3v) is 2.37. The van der Waals surface area contributed by atoms with Crippen LogP contribution < -0.4 is 10.6 Å². The van der Waals surface area contributed by atoms with Crippen LogP contribution in [0.4, 0.5) is 5.69 Å². The molecule has 1 rings (SSSR count). The number of imide groups is 1. The second kappa shape index (κ2) is 6.81. The van der Waals surface area contributed by atoms with E-state index in [9.17, 15) is 9.59 Å². The summed E-state index contributed by atoms with van der Waals surface area (Å²) in [5.41, 5.74) is 5.85. The van der Waals surface area contributed by atoms with Gasteiger partial charge in [0.05, 0.1) is 12.2 Å². The van der Waals surface area contributed by atoms with Gasteiger partial charge in [0.1, 0.15) is 0 Å². The van der Waals surface area contributed by atoms with E-state index < -0.39 is 0 Å². The normalized spacial score (nSPS) is 10.0. The number of carbonyl (C=O) groups is 2. The lowest BCUT2D eigenvalue weighted by molar-refractivity contribution is -0.125. The van der Waals surface area contributed by atoms with Crippen LogP contribution in [-0.4, -0.2) is 18.4 Å². The fourth-order valence-corrected chi connectivity index (χ4v) is 1.48. The molecule has 0 saturated heterocycles. The van der Waals surface area contributed by atoms with Gasteiger partial charge in [0.15, 0.2) is 0 Å². The molecule has 17 heavy (non-hydrogen) atoms. The van der Waals surface area contributed by atoms with Gasteiger partial charge in [-0.2, -0.15) is 0 Å². The molecule has 0 aliphatic heterocycles. The van der Waals surface area contributed by atoms with Crippen molar-refractivity contribution in [1.29, 1.82) is 0 Å². The van der Waals surface area contributed by atoms with E-state index in [0.717, 1.165) is 17.7 Å². The number of anilines is 1. The smallest absolute Gasteiger partial charge is 0.247 e. The Morgan fingerprint density at radius 1 is 1.41 bits per heavy atom. The van der Waals surface area contributed by atoms with Crippen LogP contribution in [0, 0.1) is 6.07 Å². The number of rotatable bonds is 5. The van der Waals surface area contributed by atoms with Gasteiger partial charge in [0.25, 0.3) is 0 Å². The van der Waals surface area contributed by atoms with Gasteiger partial charge in [-0.15, -0.1) is 0 Å². The predicted molar refractivity (Wildman–Crippen MR) is 66.4 cm³/mol. The Labute approximate surface area is 101 Å². The number of carbonyl (C=O) groups excluding carboxylic acids is 2. The van der Waals surface area contributed by atoms with E-state index >= 15 is 0 Å². The molecular weight excluding hydrogens is 216 g/mol. The maximum Gasteiger partial charge on any atom is 0.247 e. The molecule has 0 aliphatic rings. The SMILES string of the molecule is CCCCC(=O)N(C(=O)CN)c1c[c]ccc1. The second-order valence-electron chi connectivity index (χ2n) is 3.69. The average molecular weight is 233 g/mol. The molecular formula is C13H17N2O2. The summed E-state index contributed by atoms with van der Waals surface area (Å²) in [6.07, 6.45) is 2.04. The lowest BCUT2D eigenvalue weighted by Crippen LogP contribution is -2.40. The van der Waals surface area contributed by atoms with Gasteiger partial charge in [0, 0.05) is 6.42 Å². The first-order valence-electron chi connectivity index (χ1n) is 5.72. The zero-order valence-electron chi connectivity index (χ0n) is 9.98. The Morgan fingerprint density at radius 2 is 2.18 bits per heavy atom. The maximum atomic E-state index is 11.9. The van der Waals surface area contributed by atoms with Gasteiger partial charge in [-0.25, -0.2) is 4.90 Å². The first kappa shape index (κ1) is 13.4. The molecule has 0 aliphatic carbocycles. The highest BCUT2D eigenvalue weighted by molar-refractivity contribution is 6.15. The van der Waals surface area contributed by atoms with Crippen LogP contribution in [0.3, 0.4) is 0 Å². The van der Waals surface area contributed by atoms with Crippen LogP contribution in [0.2, 0.25) is 0 Å². The molecule has 0 saturated carbocycles. The van der Waals surface area contributed by atoms with Crippen LogP contribution >= 0.6 is 0 Å². The van der Waals surface area contributed by atoms with Crippen molar-refractivity contribution in [2.24, 2.45) is 5.73 Å². The van der Waals surface area contributed by atoms with Crippen molar-refractivity contribution in [2.45, 2.75) is 26.2 Å². The maximum absolute atomic E-state index is 11.9. The minimum Gasteiger partial charge on any atom is -0.322 e. The number of nitrogens with zero attached hydrogens (tertiary/aromatic N) is 1. The Bertz CT molecular complexity index is 376. The first-order valence-corrected chi connectivity index (χ1v) is 5.72. The largest absolute Gasteiger partial charge is 0.322 e. The average Bonchev–Trinajstić information content (AvgIpc) is 2.37. The van der Waals surface area contributed by atoms with E-state index in [1.165, 1.54) is 0 Å². The van der Waals surface area contributed by atoms with E-state index in [1.54, 1.807) is 24.3 Å². The molecule has 91 valence electrons. The lowest BCUT2D eigenvalue weighted by Gasteiger charge is -2.20. The molecule has 0 spiro atoms. The first-order chi connectivity index (χ1) is 8.20. The quantitative estimate of drug-likeness (QED) is 0.838. The van der Waals surface area contributed by atoms with Crippen molar-refractivity contribution >= 4 is 17.5 Å². The minimum atomic E-state index is -0.384. The summed E-state index contributed by atoms with van der Waals surface area (Å²) in [5.74, 6) is -0.590. The lowest BCUT2D eigenvalue weighted by atomic mass is 10.2. The van der Waals surface area contributed by atoms with Crippen molar-refractivity contribution in [3.05, 3.63) is 30.3 Å². The highest BCUT2D eigenvalue weighted by atomic mass is 16.2. The predicted octanol–water partition coefficient (Wildman–Crippen LogP) is 1.50. The third-order valence-electron chi connectivity index (χ3n) is 2.37. The highest BCUT2D eigenvalue weighted by Gasteiger charge is 2.21. The number of hydrogen-bond acceptors (Lipinski definition) is 3. The van der Waals surface area contributed by atoms with Crippen molar-refractivity contribution < 1.29 is 9.59 Å². The number of unbranched alkanes of at least 4 members (excludes halogenated alkanes) is 1. The summed E-state index contributed by atoms with van der Waals surface area (Å²) in [7, 11) is 0. The summed E-state index contributed by atoms with van der Waals surface area (Å²) in [4.78, 5) is 24.8. The molecule has 2 N–H and O–H groups in total. The Morgan fingerprint density at radius 3 is 2.71 bits per heavy atom. The van der Waals surface area contributed by atoms with Crippen LogP contribution in [0.5, 0.6) is 0 Å². The summed E-state index contributed by atoms with van der Waals surface area (Å²) in [5, 5.41) is 0. The van der Waals surface area contributed by atoms with Crippen molar-refractivity contribution in [1.82, 2.24) is 0 Å². The fourth-order valence-electron chi connectivity index (χ4n) is 1.48. The summed E-state index contributed by atoms with van der Waals surface area (Å²) >= 11 is 0. The third kappa shape index (κ3) is 3.67. The minimum absolute atomic E-state index is 0.174. The molecule has 0 unspecified atom stereocenters. The van der Waals surface area contributed by atoms with Gasteiger partial charge >= 0.3 is 0 Å². The molecule has 4 nitrogen and oxygen atoms in total. The highest BCUT2D eigenvalue weighted by Crippen LogP contribution is 2.15. The van der Waals surface area contributed by atoms with Gasteiger partial charge in [0.2, 0.25) is 11.8 Å². The number of nitrogens with two attached hydrogens (primary N) is 1. The zero-order chi connectivity index (χ0) is 12.7. The van der Waals surface area contributed by atoms with Crippen LogP contribution in [0.25, 0.3) is 0 Å². The van der Waals surface area contributed by atoms with Crippen molar-refractivity contribution in [3.63, 3.8) is 0 Å². The molecule has 0 atom stereocenters. The van der Waals surface area contributed by atoms with Crippen LogP contribution in [0.1, 0.15) is 26.2 Å². The topological polar surface area (TPSA) is 63.4 Å². The van der Waals surface area contributed by atoms with Gasteiger partial charge in [-0.1, -0.05) is 25.5 Å². The monoisotopic (exact) mass is 233 g/mol. The number of hydrogen-bond donors (Lipinski definition) is 1. The molecule has 0 bridgehead atoms. The Hall–Kier alpha value is -1.68. The van der Waals surface area contributed by atoms with Crippen molar-refractivity contribution in [3.8, 4) is 0 Å². The fraction of sp³-hybridized carbons (Fsp3) is 0.385. The molecule has 2 amide bonds. The second-order valence-corrected chi connectivity index (χ2v) is 3.69. The molecule has 0 fully saturated rings. The molecule has 0 heterocycles. The molecule has 1 aromatic rings. The molecule has 1 radical (unpaired) electrons. The summed E-state index contributed by atoms with van der Waals surface area (Å²) in [6.45, 7) is 1.82. The van der Waals surface area contributed by atoms with Gasteiger partial charge in [-0.3, -0.25) is 9.59 Å². The summed E-state index contributed by atoms with van der Waals surface area (Å²) < 4.78 is 0. The van der Waals surface area contributed by atoms with E-state index in [2.05, 4.69) is 6.07 Å². The number of amides is 2. The van der Waals surface area contributed by atoms with Crippen LogP contribution in [0.15, 0.2) is 24.3 Å². The van der Waals surface area contributed by atoms with Crippen molar-refractivity contribution in [2.75, 3.05) is 11.4 Å². The number of benzene rings is 1. The van der Waals surface area contributed by atoms with Gasteiger partial charge in [-0.05, 0) is 24.6 Å². The standard InChI is InChI=1S/C13H17N2O2/c1-2-3-9-12(16)15(13(17)10-14)11-7-5-4-6-8-11/h4-5,7-8H,2-3,9-10,14H2,1H3. The summed E-state index contributed by atoms with van der Waals surface area (Å²) in [6, 6.07) is 9.60. The Balaban J connectivity index is 2.89. The van der Waals surface area contributed by atoms with Gasteiger partial charge < -0.3 is 5.73 Å². The zero-order valence-corrected chi connectivity index (χ0v) is 9.98. The van der Waals surface area contributed by atoms with E-state index in [4.69, 9.17) is 5.73 Å². The van der Waals surface area contributed by atoms with E-state index in [1.807, 2.05) is 6.92 Å². The van der Waals surface area contributed by atoms with E-state index in [0.29, 0.717) is 12.1 Å². The molecule has 4 heteroatoms.